The number of aryl methyl sites for hydroxylation is 1. The lowest BCUT2D eigenvalue weighted by atomic mass is 10.2. The van der Waals surface area contributed by atoms with E-state index in [1.54, 1.807) is 19.0 Å². The third-order valence-corrected chi connectivity index (χ3v) is 4.60. The number of rotatable bonds is 5. The summed E-state index contributed by atoms with van der Waals surface area (Å²) in [6.07, 6.45) is 3.19. The summed E-state index contributed by atoms with van der Waals surface area (Å²) in [6, 6.07) is 2.78. The van der Waals surface area contributed by atoms with E-state index in [0.29, 0.717) is 13.0 Å². The zero-order valence-corrected chi connectivity index (χ0v) is 15.2. The van der Waals surface area contributed by atoms with Crippen molar-refractivity contribution in [3.63, 3.8) is 0 Å². The summed E-state index contributed by atoms with van der Waals surface area (Å²) in [5, 5.41) is 0. The minimum absolute atomic E-state index is 0.0777. The van der Waals surface area contributed by atoms with E-state index in [-0.39, 0.29) is 41.9 Å². The Kier molecular flexibility index (Phi) is 5.53. The number of carbonyl (C=O) groups is 2. The van der Waals surface area contributed by atoms with E-state index >= 15 is 0 Å². The molecule has 2 amide bonds. The monoisotopic (exact) mass is 377 g/mol. The molecule has 0 bridgehead atoms. The van der Waals surface area contributed by atoms with E-state index in [0.717, 1.165) is 18.6 Å². The van der Waals surface area contributed by atoms with Gasteiger partial charge in [-0.3, -0.25) is 9.59 Å². The van der Waals surface area contributed by atoms with E-state index in [2.05, 4.69) is 4.98 Å². The van der Waals surface area contributed by atoms with Gasteiger partial charge >= 0.3 is 0 Å². The number of likely N-dealkylation sites (tertiary alicyclic amines) is 1. The lowest BCUT2D eigenvalue weighted by molar-refractivity contribution is -0.142. The number of halogens is 2. The number of aromatic nitrogens is 1. The fourth-order valence-electron chi connectivity index (χ4n) is 3.22. The molecule has 1 fully saturated rings. The first kappa shape index (κ1) is 19.0. The summed E-state index contributed by atoms with van der Waals surface area (Å²) in [7, 11) is 3.35. The highest BCUT2D eigenvalue weighted by atomic mass is 19.1. The Morgan fingerprint density at radius 3 is 2.81 bits per heavy atom. The second kappa shape index (κ2) is 7.85. The average Bonchev–Trinajstić information content (AvgIpc) is 3.28. The summed E-state index contributed by atoms with van der Waals surface area (Å²) in [6.45, 7) is 0.556. The molecule has 3 rings (SSSR count). The topological polar surface area (TPSA) is 66.7 Å². The summed E-state index contributed by atoms with van der Waals surface area (Å²) in [5.41, 5.74) is 0.109. The fourth-order valence-corrected chi connectivity index (χ4v) is 3.22. The van der Waals surface area contributed by atoms with Gasteiger partial charge in [-0.15, -0.1) is 0 Å². The number of benzene rings is 1. The standard InChI is InChI=1S/C19H21F2N3O3/c1-23(2)19(26)15-4-3-9-24(15)18(25)8-7-17-22-11-16(27-17)13-6-5-12(20)10-14(13)21/h5-6,10-11,15H,3-4,7-9H2,1-2H3. The molecule has 0 radical (unpaired) electrons. The van der Waals surface area contributed by atoms with Gasteiger partial charge in [-0.25, -0.2) is 13.8 Å². The Morgan fingerprint density at radius 2 is 2.11 bits per heavy atom. The van der Waals surface area contributed by atoms with E-state index < -0.39 is 17.7 Å². The van der Waals surface area contributed by atoms with Crippen molar-refractivity contribution >= 4 is 11.8 Å². The maximum atomic E-state index is 13.8. The van der Waals surface area contributed by atoms with E-state index in [4.69, 9.17) is 4.42 Å². The van der Waals surface area contributed by atoms with Crippen LogP contribution >= 0.6 is 0 Å². The maximum absolute atomic E-state index is 13.8. The van der Waals surface area contributed by atoms with Gasteiger partial charge in [0, 0.05) is 39.5 Å². The van der Waals surface area contributed by atoms with E-state index in [1.165, 1.54) is 17.2 Å². The molecule has 0 spiro atoms. The molecule has 0 aliphatic carbocycles. The highest BCUT2D eigenvalue weighted by Crippen LogP contribution is 2.25. The van der Waals surface area contributed by atoms with Crippen molar-refractivity contribution < 1.29 is 22.8 Å². The second-order valence-electron chi connectivity index (χ2n) is 6.72. The number of oxazole rings is 1. The van der Waals surface area contributed by atoms with Crippen LogP contribution in [0.2, 0.25) is 0 Å². The highest BCUT2D eigenvalue weighted by Gasteiger charge is 2.34. The Balaban J connectivity index is 1.63. The van der Waals surface area contributed by atoms with E-state index in [9.17, 15) is 18.4 Å². The molecule has 1 atom stereocenters. The average molecular weight is 377 g/mol. The summed E-state index contributed by atoms with van der Waals surface area (Å²) in [4.78, 5) is 31.9. The van der Waals surface area contributed by atoms with Crippen LogP contribution in [-0.4, -0.2) is 53.3 Å². The number of likely N-dealkylation sites (N-methyl/N-ethyl adjacent to an activating group) is 1. The second-order valence-corrected chi connectivity index (χ2v) is 6.72. The highest BCUT2D eigenvalue weighted by molar-refractivity contribution is 5.88. The smallest absolute Gasteiger partial charge is 0.244 e. The Morgan fingerprint density at radius 1 is 1.33 bits per heavy atom. The van der Waals surface area contributed by atoms with Crippen LogP contribution in [0.4, 0.5) is 8.78 Å². The zero-order chi connectivity index (χ0) is 19.6. The molecule has 1 aliphatic heterocycles. The molecular weight excluding hydrogens is 356 g/mol. The summed E-state index contributed by atoms with van der Waals surface area (Å²) >= 11 is 0. The van der Waals surface area contributed by atoms with Crippen LogP contribution in [0.1, 0.15) is 25.2 Å². The van der Waals surface area contributed by atoms with Crippen molar-refractivity contribution in [2.75, 3.05) is 20.6 Å². The summed E-state index contributed by atoms with van der Waals surface area (Å²) in [5.74, 6) is -1.16. The van der Waals surface area contributed by atoms with Crippen LogP contribution in [0.25, 0.3) is 11.3 Å². The van der Waals surface area contributed by atoms with Gasteiger partial charge in [-0.1, -0.05) is 0 Å². The molecule has 2 heterocycles. The number of carbonyl (C=O) groups excluding carboxylic acids is 2. The molecular formula is C19H21F2N3O3. The zero-order valence-electron chi connectivity index (χ0n) is 15.2. The van der Waals surface area contributed by atoms with Gasteiger partial charge in [-0.05, 0) is 25.0 Å². The van der Waals surface area contributed by atoms with E-state index in [1.807, 2.05) is 0 Å². The lowest BCUT2D eigenvalue weighted by Crippen LogP contribution is -2.45. The van der Waals surface area contributed by atoms with Gasteiger partial charge in [0.05, 0.1) is 11.8 Å². The molecule has 1 saturated heterocycles. The Hall–Kier alpha value is -2.77. The van der Waals surface area contributed by atoms with Crippen LogP contribution in [0, 0.1) is 11.6 Å². The molecule has 8 heteroatoms. The van der Waals surface area contributed by atoms with Gasteiger partial charge in [0.1, 0.15) is 17.7 Å². The van der Waals surface area contributed by atoms with Gasteiger partial charge in [0.25, 0.3) is 0 Å². The first-order valence-corrected chi connectivity index (χ1v) is 8.77. The molecule has 0 N–H and O–H groups in total. The molecule has 1 unspecified atom stereocenters. The number of amides is 2. The molecule has 144 valence electrons. The van der Waals surface area contributed by atoms with Gasteiger partial charge < -0.3 is 14.2 Å². The van der Waals surface area contributed by atoms with Crippen molar-refractivity contribution in [3.05, 3.63) is 41.9 Å². The van der Waals surface area contributed by atoms with Crippen molar-refractivity contribution in [3.8, 4) is 11.3 Å². The molecule has 1 aromatic heterocycles. The van der Waals surface area contributed by atoms with Gasteiger partial charge in [0.15, 0.2) is 11.7 Å². The van der Waals surface area contributed by atoms with Crippen LogP contribution in [0.15, 0.2) is 28.8 Å². The fraction of sp³-hybridized carbons (Fsp3) is 0.421. The minimum atomic E-state index is -0.740. The molecule has 6 nitrogen and oxygen atoms in total. The first-order valence-electron chi connectivity index (χ1n) is 8.77. The molecule has 1 aliphatic rings. The van der Waals surface area contributed by atoms with Crippen LogP contribution in [-0.2, 0) is 16.0 Å². The summed E-state index contributed by atoms with van der Waals surface area (Å²) < 4.78 is 32.3. The number of hydrogen-bond donors (Lipinski definition) is 0. The molecule has 2 aromatic rings. The van der Waals surface area contributed by atoms with Gasteiger partial charge in [-0.2, -0.15) is 0 Å². The Labute approximate surface area is 155 Å². The third kappa shape index (κ3) is 4.15. The van der Waals surface area contributed by atoms with Gasteiger partial charge in [0.2, 0.25) is 11.8 Å². The van der Waals surface area contributed by atoms with Crippen LogP contribution < -0.4 is 0 Å². The van der Waals surface area contributed by atoms with Crippen molar-refractivity contribution in [1.29, 1.82) is 0 Å². The van der Waals surface area contributed by atoms with Crippen molar-refractivity contribution in [2.24, 2.45) is 0 Å². The maximum Gasteiger partial charge on any atom is 0.244 e. The molecule has 0 saturated carbocycles. The predicted molar refractivity (Wildman–Crippen MR) is 93.6 cm³/mol. The SMILES string of the molecule is CN(C)C(=O)C1CCCN1C(=O)CCc1ncc(-c2ccc(F)cc2F)o1. The van der Waals surface area contributed by atoms with Crippen molar-refractivity contribution in [1.82, 2.24) is 14.8 Å². The largest absolute Gasteiger partial charge is 0.441 e. The van der Waals surface area contributed by atoms with Crippen LogP contribution in [0.3, 0.4) is 0 Å². The normalized spacial score (nSPS) is 16.6. The third-order valence-electron chi connectivity index (χ3n) is 4.60. The predicted octanol–water partition coefficient (Wildman–Crippen LogP) is 2.63. The number of hydrogen-bond acceptors (Lipinski definition) is 4. The van der Waals surface area contributed by atoms with Crippen LogP contribution in [0.5, 0.6) is 0 Å². The number of nitrogens with zero attached hydrogens (tertiary/aromatic N) is 3. The van der Waals surface area contributed by atoms with Crippen molar-refractivity contribution in [2.45, 2.75) is 31.7 Å². The first-order chi connectivity index (χ1) is 12.9. The quantitative estimate of drug-likeness (QED) is 0.803. The molecule has 1 aromatic carbocycles. The Bertz CT molecular complexity index is 850. The molecule has 27 heavy (non-hydrogen) atoms. The lowest BCUT2D eigenvalue weighted by Gasteiger charge is -2.26. The minimum Gasteiger partial charge on any atom is -0.441 e.